The fourth-order valence-electron chi connectivity index (χ4n) is 1.18. The van der Waals surface area contributed by atoms with E-state index in [1.165, 1.54) is 25.7 Å². The number of rotatable bonds is 6. The summed E-state index contributed by atoms with van der Waals surface area (Å²) in [7, 11) is 1.79. The summed E-state index contributed by atoms with van der Waals surface area (Å²) in [6.45, 7) is 8.89. The van der Waals surface area contributed by atoms with Crippen molar-refractivity contribution in [1.82, 2.24) is 0 Å². The highest BCUT2D eigenvalue weighted by atomic mass is 16.5. The minimum Gasteiger partial charge on any atom is -0.379 e. The van der Waals surface area contributed by atoms with Gasteiger partial charge in [0.2, 0.25) is 0 Å². The summed E-state index contributed by atoms with van der Waals surface area (Å²) in [6.07, 6.45) is 5.10. The van der Waals surface area contributed by atoms with E-state index in [1.54, 1.807) is 7.11 Å². The van der Waals surface area contributed by atoms with Crippen LogP contribution in [0.15, 0.2) is 0 Å². The molecule has 0 aliphatic carbocycles. The first kappa shape index (κ1) is 12.0. The van der Waals surface area contributed by atoms with Crippen molar-refractivity contribution in [1.29, 1.82) is 0 Å². The molecule has 0 rings (SSSR count). The van der Waals surface area contributed by atoms with Crippen LogP contribution in [0, 0.1) is 5.92 Å². The van der Waals surface area contributed by atoms with Crippen LogP contribution in [0.1, 0.15) is 53.4 Å². The van der Waals surface area contributed by atoms with Crippen LogP contribution in [0.25, 0.3) is 0 Å². The van der Waals surface area contributed by atoms with E-state index in [1.807, 2.05) is 0 Å². The Hall–Kier alpha value is -0.0400. The van der Waals surface area contributed by atoms with Gasteiger partial charge in [-0.3, -0.25) is 0 Å². The molecular weight excluding hydrogens is 148 g/mol. The molecule has 0 heterocycles. The molecular formula is C11H24O. The van der Waals surface area contributed by atoms with E-state index in [0.717, 1.165) is 5.92 Å². The molecule has 0 amide bonds. The van der Waals surface area contributed by atoms with Crippen LogP contribution in [0.2, 0.25) is 0 Å². The van der Waals surface area contributed by atoms with Gasteiger partial charge in [0.1, 0.15) is 0 Å². The summed E-state index contributed by atoms with van der Waals surface area (Å²) < 4.78 is 5.35. The maximum absolute atomic E-state index is 5.35. The molecule has 0 radical (unpaired) electrons. The third-order valence-electron chi connectivity index (χ3n) is 2.73. The number of methoxy groups -OCH3 is 1. The van der Waals surface area contributed by atoms with Gasteiger partial charge in [-0.25, -0.2) is 0 Å². The van der Waals surface area contributed by atoms with E-state index < -0.39 is 0 Å². The Labute approximate surface area is 77.5 Å². The largest absolute Gasteiger partial charge is 0.379 e. The van der Waals surface area contributed by atoms with Gasteiger partial charge in [-0.05, 0) is 26.2 Å². The summed E-state index contributed by atoms with van der Waals surface area (Å²) in [6, 6.07) is 0. The van der Waals surface area contributed by atoms with Gasteiger partial charge in [0.15, 0.2) is 0 Å². The topological polar surface area (TPSA) is 9.23 Å². The molecule has 0 aromatic rings. The van der Waals surface area contributed by atoms with Crippen molar-refractivity contribution in [2.45, 2.75) is 59.0 Å². The summed E-state index contributed by atoms with van der Waals surface area (Å²) in [4.78, 5) is 0. The van der Waals surface area contributed by atoms with Crippen molar-refractivity contribution >= 4 is 0 Å². The van der Waals surface area contributed by atoms with E-state index in [0.29, 0.717) is 0 Å². The predicted molar refractivity (Wildman–Crippen MR) is 54.4 cm³/mol. The molecule has 0 spiro atoms. The van der Waals surface area contributed by atoms with Gasteiger partial charge in [-0.15, -0.1) is 0 Å². The zero-order valence-corrected chi connectivity index (χ0v) is 9.31. The molecule has 0 saturated carbocycles. The fourth-order valence-corrected chi connectivity index (χ4v) is 1.18. The minimum atomic E-state index is 0.0768. The first-order valence-corrected chi connectivity index (χ1v) is 5.07. The average Bonchev–Trinajstić information content (AvgIpc) is 2.04. The molecule has 1 unspecified atom stereocenters. The standard InChI is InChI=1S/C11H24O/c1-6-10(2)8-7-9-11(3,4)12-5/h10H,6-9H2,1-5H3. The molecule has 1 nitrogen and oxygen atoms in total. The summed E-state index contributed by atoms with van der Waals surface area (Å²) in [5.41, 5.74) is 0.0768. The Morgan fingerprint density at radius 3 is 2.33 bits per heavy atom. The van der Waals surface area contributed by atoms with E-state index in [-0.39, 0.29) is 5.60 Å². The smallest absolute Gasteiger partial charge is 0.0622 e. The van der Waals surface area contributed by atoms with Gasteiger partial charge >= 0.3 is 0 Å². The third kappa shape index (κ3) is 5.59. The molecule has 1 atom stereocenters. The second-order valence-electron chi connectivity index (χ2n) is 4.37. The van der Waals surface area contributed by atoms with Crippen LogP contribution in [0.3, 0.4) is 0 Å². The molecule has 0 aromatic carbocycles. The highest BCUT2D eigenvalue weighted by Gasteiger charge is 2.15. The molecule has 0 aromatic heterocycles. The maximum atomic E-state index is 5.35. The first-order valence-electron chi connectivity index (χ1n) is 5.07. The normalized spacial score (nSPS) is 14.8. The van der Waals surface area contributed by atoms with Crippen LogP contribution in [0.5, 0.6) is 0 Å². The lowest BCUT2D eigenvalue weighted by Gasteiger charge is -2.23. The summed E-state index contributed by atoms with van der Waals surface area (Å²) in [5.74, 6) is 0.873. The van der Waals surface area contributed by atoms with Crippen molar-refractivity contribution < 1.29 is 4.74 Å². The average molecular weight is 172 g/mol. The van der Waals surface area contributed by atoms with Crippen LogP contribution in [-0.2, 0) is 4.74 Å². The van der Waals surface area contributed by atoms with Crippen LogP contribution >= 0.6 is 0 Å². The monoisotopic (exact) mass is 172 g/mol. The molecule has 0 aliphatic rings. The lowest BCUT2D eigenvalue weighted by molar-refractivity contribution is 0.0127. The predicted octanol–water partition coefficient (Wildman–Crippen LogP) is 3.63. The Kier molecular flexibility index (Phi) is 5.56. The summed E-state index contributed by atoms with van der Waals surface area (Å²) >= 11 is 0. The second-order valence-corrected chi connectivity index (χ2v) is 4.37. The van der Waals surface area contributed by atoms with E-state index in [4.69, 9.17) is 4.74 Å². The Morgan fingerprint density at radius 1 is 1.33 bits per heavy atom. The lowest BCUT2D eigenvalue weighted by atomic mass is 9.95. The molecule has 0 fully saturated rings. The van der Waals surface area contributed by atoms with Crippen molar-refractivity contribution in [3.8, 4) is 0 Å². The first-order chi connectivity index (χ1) is 5.52. The van der Waals surface area contributed by atoms with E-state index >= 15 is 0 Å². The van der Waals surface area contributed by atoms with Crippen molar-refractivity contribution in [2.24, 2.45) is 5.92 Å². The SMILES string of the molecule is CCC(C)CCCC(C)(C)OC. The zero-order valence-electron chi connectivity index (χ0n) is 9.31. The highest BCUT2D eigenvalue weighted by Crippen LogP contribution is 2.19. The Balaban J connectivity index is 3.42. The summed E-state index contributed by atoms with van der Waals surface area (Å²) in [5, 5.41) is 0. The van der Waals surface area contributed by atoms with Gasteiger partial charge in [0.25, 0.3) is 0 Å². The maximum Gasteiger partial charge on any atom is 0.0622 e. The highest BCUT2D eigenvalue weighted by molar-refractivity contribution is 4.67. The quantitative estimate of drug-likeness (QED) is 0.594. The molecule has 0 bridgehead atoms. The Bertz CT molecular complexity index is 108. The van der Waals surface area contributed by atoms with Crippen molar-refractivity contribution in [2.75, 3.05) is 7.11 Å². The third-order valence-corrected chi connectivity index (χ3v) is 2.73. The van der Waals surface area contributed by atoms with Crippen molar-refractivity contribution in [3.05, 3.63) is 0 Å². The molecule has 0 saturated heterocycles. The minimum absolute atomic E-state index is 0.0768. The van der Waals surface area contributed by atoms with Gasteiger partial charge in [-0.1, -0.05) is 33.1 Å². The van der Waals surface area contributed by atoms with Crippen LogP contribution in [0.4, 0.5) is 0 Å². The van der Waals surface area contributed by atoms with Crippen LogP contribution in [-0.4, -0.2) is 12.7 Å². The van der Waals surface area contributed by atoms with Crippen molar-refractivity contribution in [3.63, 3.8) is 0 Å². The molecule has 12 heavy (non-hydrogen) atoms. The number of hydrogen-bond donors (Lipinski definition) is 0. The van der Waals surface area contributed by atoms with E-state index in [2.05, 4.69) is 27.7 Å². The fraction of sp³-hybridized carbons (Fsp3) is 1.00. The zero-order chi connectivity index (χ0) is 9.61. The van der Waals surface area contributed by atoms with Gasteiger partial charge < -0.3 is 4.74 Å². The Morgan fingerprint density at radius 2 is 1.92 bits per heavy atom. The lowest BCUT2D eigenvalue weighted by Crippen LogP contribution is -2.22. The molecule has 0 aliphatic heterocycles. The molecule has 74 valence electrons. The van der Waals surface area contributed by atoms with Gasteiger partial charge in [0, 0.05) is 7.11 Å². The molecule has 0 N–H and O–H groups in total. The second kappa shape index (κ2) is 5.58. The molecule has 1 heteroatoms. The van der Waals surface area contributed by atoms with Crippen LogP contribution < -0.4 is 0 Å². The van der Waals surface area contributed by atoms with Gasteiger partial charge in [-0.2, -0.15) is 0 Å². The number of hydrogen-bond acceptors (Lipinski definition) is 1. The van der Waals surface area contributed by atoms with E-state index in [9.17, 15) is 0 Å². The van der Waals surface area contributed by atoms with Gasteiger partial charge in [0.05, 0.1) is 5.60 Å². The number of ether oxygens (including phenoxy) is 1.